The number of benzene rings is 2. The number of carbonyl (C=O) groups excluding carboxylic acids is 1. The molecule has 2 aromatic carbocycles. The van der Waals surface area contributed by atoms with Gasteiger partial charge in [-0.05, 0) is 23.6 Å². The van der Waals surface area contributed by atoms with Crippen molar-refractivity contribution < 1.29 is 9.18 Å². The summed E-state index contributed by atoms with van der Waals surface area (Å²) in [5.74, 6) is 0.619. The normalized spacial score (nSPS) is 18.2. The Morgan fingerprint density at radius 3 is 2.59 bits per heavy atom. The molecule has 0 radical (unpaired) electrons. The Balaban J connectivity index is 1.70. The van der Waals surface area contributed by atoms with Gasteiger partial charge in [-0.15, -0.1) is 10.2 Å². The van der Waals surface area contributed by atoms with E-state index in [1.165, 1.54) is 23.9 Å². The summed E-state index contributed by atoms with van der Waals surface area (Å²) in [5, 5.41) is 11.8. The van der Waals surface area contributed by atoms with Crippen LogP contribution in [0.3, 0.4) is 0 Å². The maximum Gasteiger partial charge on any atom is 0.236 e. The molecule has 0 saturated heterocycles. The maximum atomic E-state index is 13.5. The highest BCUT2D eigenvalue weighted by Crippen LogP contribution is 2.38. The van der Waals surface area contributed by atoms with Crippen LogP contribution in [0.1, 0.15) is 25.5 Å². The van der Waals surface area contributed by atoms with Crippen LogP contribution in [0.15, 0.2) is 59.8 Å². The maximum absolute atomic E-state index is 13.5. The third-order valence-corrected chi connectivity index (χ3v) is 5.86. The summed E-state index contributed by atoms with van der Waals surface area (Å²) < 4.78 is 15.3. The molecule has 0 unspecified atom stereocenters. The summed E-state index contributed by atoms with van der Waals surface area (Å²) >= 11 is 1.36. The molecule has 6 nitrogen and oxygen atoms in total. The summed E-state index contributed by atoms with van der Waals surface area (Å²) in [6, 6.07) is 15.6. The molecule has 3 aromatic rings. The number of halogens is 1. The van der Waals surface area contributed by atoms with Crippen LogP contribution in [0.25, 0.3) is 11.4 Å². The van der Waals surface area contributed by atoms with Gasteiger partial charge in [0.1, 0.15) is 11.1 Å². The van der Waals surface area contributed by atoms with Crippen molar-refractivity contribution in [1.82, 2.24) is 20.2 Å². The Labute approximate surface area is 172 Å². The smallest absolute Gasteiger partial charge is 0.236 e. The largest absolute Gasteiger partial charge is 0.355 e. The van der Waals surface area contributed by atoms with Gasteiger partial charge in [0.05, 0.1) is 6.04 Å². The van der Waals surface area contributed by atoms with Crippen LogP contribution in [0, 0.1) is 11.7 Å². The van der Waals surface area contributed by atoms with E-state index in [1.807, 2.05) is 44.2 Å². The van der Waals surface area contributed by atoms with Crippen LogP contribution in [0.5, 0.6) is 0 Å². The molecule has 2 heterocycles. The lowest BCUT2D eigenvalue weighted by atomic mass is 10.0. The molecule has 1 aliphatic rings. The first-order valence-corrected chi connectivity index (χ1v) is 10.4. The Bertz CT molecular complexity index is 990. The van der Waals surface area contributed by atoms with Crippen molar-refractivity contribution in [2.75, 3.05) is 12.0 Å². The fraction of sp³-hybridized carbons (Fsp3) is 0.286. The second-order valence-corrected chi connectivity index (χ2v) is 8.45. The minimum atomic E-state index is -0.459. The Morgan fingerprint density at radius 1 is 1.17 bits per heavy atom. The van der Waals surface area contributed by atoms with Gasteiger partial charge >= 0.3 is 0 Å². The number of aromatic nitrogens is 3. The van der Waals surface area contributed by atoms with Gasteiger partial charge < -0.3 is 10.7 Å². The molecule has 0 fully saturated rings. The molecular weight excluding hydrogens is 389 g/mol. The van der Waals surface area contributed by atoms with Crippen molar-refractivity contribution in [2.45, 2.75) is 30.3 Å². The molecule has 1 amide bonds. The molecule has 0 saturated carbocycles. The van der Waals surface area contributed by atoms with Gasteiger partial charge in [-0.1, -0.05) is 68.1 Å². The molecule has 1 aromatic heterocycles. The SMILES string of the molecule is CC(C)CNC(=O)[C@@H]1Sc2nnc(-c3ccccc3)n2N[C@@H]1c1ccc(F)cc1. The van der Waals surface area contributed by atoms with Crippen LogP contribution in [-0.2, 0) is 4.79 Å². The highest BCUT2D eigenvalue weighted by molar-refractivity contribution is 8.00. The van der Waals surface area contributed by atoms with Gasteiger partial charge in [-0.3, -0.25) is 4.79 Å². The number of hydrogen-bond donors (Lipinski definition) is 2. The molecule has 150 valence electrons. The van der Waals surface area contributed by atoms with Crippen molar-refractivity contribution in [3.63, 3.8) is 0 Å². The molecular formula is C21H22FN5OS. The van der Waals surface area contributed by atoms with Crippen molar-refractivity contribution >= 4 is 17.7 Å². The molecule has 0 bridgehead atoms. The molecule has 1 aliphatic heterocycles. The van der Waals surface area contributed by atoms with Gasteiger partial charge in [0.15, 0.2) is 5.82 Å². The zero-order valence-corrected chi connectivity index (χ0v) is 17.0. The summed E-state index contributed by atoms with van der Waals surface area (Å²) in [6.07, 6.45) is 0. The fourth-order valence-electron chi connectivity index (χ4n) is 3.15. The zero-order chi connectivity index (χ0) is 20.4. The van der Waals surface area contributed by atoms with Crippen LogP contribution in [0.4, 0.5) is 4.39 Å². The van der Waals surface area contributed by atoms with Gasteiger partial charge in [0.2, 0.25) is 11.1 Å². The summed E-state index contributed by atoms with van der Waals surface area (Å²) in [5.41, 5.74) is 5.12. The van der Waals surface area contributed by atoms with E-state index in [9.17, 15) is 9.18 Å². The van der Waals surface area contributed by atoms with Crippen molar-refractivity contribution in [2.24, 2.45) is 5.92 Å². The third-order valence-electron chi connectivity index (χ3n) is 4.64. The molecule has 4 rings (SSSR count). The third kappa shape index (κ3) is 4.12. The standard InChI is InChI=1S/C21H22FN5OS/c1-13(2)12-23-20(28)18-17(14-8-10-16(22)11-9-14)26-27-19(24-25-21(27)29-18)15-6-4-3-5-7-15/h3-11,13,17-18,26H,12H2,1-2H3,(H,23,28)/t17-,18-/m1/s1. The highest BCUT2D eigenvalue weighted by Gasteiger charge is 2.37. The minimum absolute atomic E-state index is 0.0824. The number of hydrogen-bond acceptors (Lipinski definition) is 5. The lowest BCUT2D eigenvalue weighted by Crippen LogP contribution is -2.44. The van der Waals surface area contributed by atoms with E-state index in [4.69, 9.17) is 0 Å². The van der Waals surface area contributed by atoms with E-state index in [1.54, 1.807) is 16.8 Å². The first-order valence-electron chi connectivity index (χ1n) is 9.50. The Kier molecular flexibility index (Phi) is 5.53. The number of amides is 1. The summed E-state index contributed by atoms with van der Waals surface area (Å²) in [7, 11) is 0. The number of thioether (sulfide) groups is 1. The monoisotopic (exact) mass is 411 g/mol. The van der Waals surface area contributed by atoms with Gasteiger partial charge in [0.25, 0.3) is 0 Å². The number of rotatable bonds is 5. The zero-order valence-electron chi connectivity index (χ0n) is 16.2. The molecule has 29 heavy (non-hydrogen) atoms. The van der Waals surface area contributed by atoms with E-state index >= 15 is 0 Å². The van der Waals surface area contributed by atoms with E-state index in [-0.39, 0.29) is 17.8 Å². The van der Waals surface area contributed by atoms with Crippen LogP contribution in [0.2, 0.25) is 0 Å². The lowest BCUT2D eigenvalue weighted by Gasteiger charge is -2.33. The topological polar surface area (TPSA) is 71.8 Å². The van der Waals surface area contributed by atoms with Gasteiger partial charge in [0, 0.05) is 12.1 Å². The fourth-order valence-corrected chi connectivity index (χ4v) is 4.26. The van der Waals surface area contributed by atoms with Gasteiger partial charge in [-0.2, -0.15) is 0 Å². The quantitative estimate of drug-likeness (QED) is 0.671. The van der Waals surface area contributed by atoms with Gasteiger partial charge in [-0.25, -0.2) is 9.07 Å². The second kappa shape index (κ2) is 8.24. The summed E-state index contributed by atoms with van der Waals surface area (Å²) in [4.78, 5) is 12.9. The van der Waals surface area contributed by atoms with E-state index in [0.717, 1.165) is 11.1 Å². The van der Waals surface area contributed by atoms with Crippen LogP contribution in [-0.4, -0.2) is 32.6 Å². The molecule has 0 aliphatic carbocycles. The van der Waals surface area contributed by atoms with Crippen molar-refractivity contribution in [1.29, 1.82) is 0 Å². The molecule has 2 atom stereocenters. The first kappa shape index (κ1) is 19.4. The van der Waals surface area contributed by atoms with Crippen molar-refractivity contribution in [3.8, 4) is 11.4 Å². The van der Waals surface area contributed by atoms with E-state index in [0.29, 0.717) is 23.4 Å². The predicted molar refractivity (Wildman–Crippen MR) is 111 cm³/mol. The lowest BCUT2D eigenvalue weighted by molar-refractivity contribution is -0.121. The number of nitrogens with zero attached hydrogens (tertiary/aromatic N) is 3. The summed E-state index contributed by atoms with van der Waals surface area (Å²) in [6.45, 7) is 4.69. The van der Waals surface area contributed by atoms with E-state index in [2.05, 4.69) is 20.9 Å². The molecule has 2 N–H and O–H groups in total. The molecule has 8 heteroatoms. The van der Waals surface area contributed by atoms with Crippen molar-refractivity contribution in [3.05, 3.63) is 66.0 Å². The average molecular weight is 412 g/mol. The number of carbonyl (C=O) groups is 1. The highest BCUT2D eigenvalue weighted by atomic mass is 32.2. The molecule has 0 spiro atoms. The Morgan fingerprint density at radius 2 is 1.90 bits per heavy atom. The minimum Gasteiger partial charge on any atom is -0.355 e. The number of nitrogens with one attached hydrogen (secondary N) is 2. The number of fused-ring (bicyclic) bond motifs is 1. The van der Waals surface area contributed by atoms with E-state index < -0.39 is 5.25 Å². The predicted octanol–water partition coefficient (Wildman–Crippen LogP) is 3.62. The Hall–Kier alpha value is -2.87. The average Bonchev–Trinajstić information content (AvgIpc) is 3.15. The second-order valence-electron chi connectivity index (χ2n) is 7.34. The van der Waals surface area contributed by atoms with Crippen LogP contribution < -0.4 is 10.7 Å². The first-order chi connectivity index (χ1) is 14.0. The van der Waals surface area contributed by atoms with Crippen LogP contribution >= 0.6 is 11.8 Å².